The van der Waals surface area contributed by atoms with Crippen molar-refractivity contribution in [1.29, 1.82) is 0 Å². The van der Waals surface area contributed by atoms with E-state index in [2.05, 4.69) is 0 Å². The lowest BCUT2D eigenvalue weighted by Crippen LogP contribution is -2.37. The van der Waals surface area contributed by atoms with Gasteiger partial charge in [0, 0.05) is 5.57 Å². The van der Waals surface area contributed by atoms with Crippen LogP contribution in [-0.2, 0) is 31.3 Å². The van der Waals surface area contributed by atoms with Crippen LogP contribution in [-0.4, -0.2) is 26.8 Å². The van der Waals surface area contributed by atoms with Crippen molar-refractivity contribution in [3.63, 3.8) is 0 Å². The number of aldehydes is 1. The number of benzene rings is 3. The quantitative estimate of drug-likeness (QED) is 0.195. The maximum atomic E-state index is 14.0. The molecule has 8 heteroatoms. The van der Waals surface area contributed by atoms with Crippen molar-refractivity contribution in [1.82, 2.24) is 3.71 Å². The Bertz CT molecular complexity index is 1470. The number of hydrogen-bond acceptors (Lipinski definition) is 5. The third-order valence-corrected chi connectivity index (χ3v) is 9.94. The third kappa shape index (κ3) is 6.09. The Morgan fingerprint density at radius 2 is 1.16 bits per heavy atom. The molecule has 0 N–H and O–H groups in total. The molecular formula is C29H31NO5S2. The number of carbonyl (C=O) groups excluding carboxylic acids is 1. The number of carbonyl (C=O) groups is 1. The van der Waals surface area contributed by atoms with Crippen molar-refractivity contribution in [2.24, 2.45) is 0 Å². The van der Waals surface area contributed by atoms with Crippen molar-refractivity contribution in [3.8, 4) is 0 Å². The highest BCUT2D eigenvalue weighted by atomic mass is 32.3. The lowest BCUT2D eigenvalue weighted by Gasteiger charge is -2.26. The average molecular weight is 538 g/mol. The fourth-order valence-electron chi connectivity index (χ4n) is 3.72. The van der Waals surface area contributed by atoms with E-state index in [0.29, 0.717) is 11.8 Å². The first-order chi connectivity index (χ1) is 17.4. The first-order valence-electron chi connectivity index (χ1n) is 11.8. The average Bonchev–Trinajstić information content (AvgIpc) is 2.86. The summed E-state index contributed by atoms with van der Waals surface area (Å²) in [7, 11) is -9.44. The molecule has 3 aromatic carbocycles. The largest absolute Gasteiger partial charge is 0.296 e. The van der Waals surface area contributed by atoms with Gasteiger partial charge in [-0.05, 0) is 69.5 Å². The standard InChI is InChI=1S/C29H31NO5S2/c1-6-24-11-13-25(14-12-24)28(19-21(2)3)29(20-31)30(36(32,33)26-15-7-22(4)8-16-26)37(34,35)27-17-9-23(5)10-18-27/h7-20H,6H2,1-5H3/b29-28+. The number of sulfonamides is 2. The number of allylic oxidation sites excluding steroid dienone is 4. The fourth-order valence-corrected chi connectivity index (χ4v) is 7.41. The van der Waals surface area contributed by atoms with Gasteiger partial charge in [0.05, 0.1) is 9.79 Å². The molecule has 0 amide bonds. The van der Waals surface area contributed by atoms with E-state index in [9.17, 15) is 21.6 Å². The molecule has 0 spiro atoms. The summed E-state index contributed by atoms with van der Waals surface area (Å²) in [6, 6.07) is 18.9. The van der Waals surface area contributed by atoms with Gasteiger partial charge in [-0.15, -0.1) is 0 Å². The molecule has 0 atom stereocenters. The fraction of sp³-hybridized carbons (Fsp3) is 0.207. The van der Waals surface area contributed by atoms with Crippen molar-refractivity contribution >= 4 is 31.9 Å². The second-order valence-electron chi connectivity index (χ2n) is 9.02. The Hall–Kier alpha value is -3.49. The van der Waals surface area contributed by atoms with Gasteiger partial charge in [-0.25, -0.2) is 16.8 Å². The van der Waals surface area contributed by atoms with E-state index in [1.165, 1.54) is 24.3 Å². The normalized spacial score (nSPS) is 12.5. The smallest absolute Gasteiger partial charge is 0.277 e. The Labute approximate surface area is 220 Å². The molecule has 0 saturated carbocycles. The van der Waals surface area contributed by atoms with Crippen LogP contribution < -0.4 is 0 Å². The SMILES string of the molecule is CCc1ccc(/C(C=C(C)C)=C(\C=O)N(S(=O)(=O)c2ccc(C)cc2)S(=O)(=O)c2ccc(C)cc2)cc1. The summed E-state index contributed by atoms with van der Waals surface area (Å²) in [4.78, 5) is 12.2. The summed E-state index contributed by atoms with van der Waals surface area (Å²) in [5.74, 6) is 0. The number of hydrogen-bond donors (Lipinski definition) is 0. The van der Waals surface area contributed by atoms with Crippen LogP contribution in [0.4, 0.5) is 0 Å². The zero-order chi connectivity index (χ0) is 27.4. The van der Waals surface area contributed by atoms with E-state index in [-0.39, 0.29) is 19.1 Å². The van der Waals surface area contributed by atoms with Gasteiger partial charge in [0.2, 0.25) is 0 Å². The van der Waals surface area contributed by atoms with E-state index < -0.39 is 25.7 Å². The molecule has 0 radical (unpaired) electrons. The molecule has 0 aliphatic carbocycles. The summed E-state index contributed by atoms with van der Waals surface area (Å²) in [6.45, 7) is 9.16. The van der Waals surface area contributed by atoms with Crippen LogP contribution in [0.3, 0.4) is 0 Å². The van der Waals surface area contributed by atoms with Gasteiger partial charge in [-0.1, -0.05) is 78.2 Å². The molecule has 0 bridgehead atoms. The molecule has 0 aliphatic heterocycles. The Morgan fingerprint density at radius 3 is 1.51 bits per heavy atom. The molecule has 0 aromatic heterocycles. The number of nitrogens with zero attached hydrogens (tertiary/aromatic N) is 1. The zero-order valence-electron chi connectivity index (χ0n) is 21.6. The molecule has 6 nitrogen and oxygen atoms in total. The first-order valence-corrected chi connectivity index (χ1v) is 14.7. The monoisotopic (exact) mass is 537 g/mol. The van der Waals surface area contributed by atoms with Gasteiger partial charge in [0.25, 0.3) is 20.0 Å². The van der Waals surface area contributed by atoms with E-state index in [4.69, 9.17) is 0 Å². The molecule has 3 aromatic rings. The highest BCUT2D eigenvalue weighted by Gasteiger charge is 2.39. The second-order valence-corrected chi connectivity index (χ2v) is 12.8. The lowest BCUT2D eigenvalue weighted by atomic mass is 10.00. The molecule has 37 heavy (non-hydrogen) atoms. The van der Waals surface area contributed by atoms with Crippen LogP contribution in [0.25, 0.3) is 5.57 Å². The molecule has 0 unspecified atom stereocenters. The lowest BCUT2D eigenvalue weighted by molar-refractivity contribution is -0.105. The van der Waals surface area contributed by atoms with Crippen LogP contribution in [0, 0.1) is 13.8 Å². The minimum absolute atomic E-state index is 0.184. The zero-order valence-corrected chi connectivity index (χ0v) is 23.2. The third-order valence-electron chi connectivity index (χ3n) is 5.76. The van der Waals surface area contributed by atoms with Crippen LogP contribution in [0.15, 0.2) is 99.9 Å². The van der Waals surface area contributed by atoms with Gasteiger partial charge in [-0.2, -0.15) is 3.71 Å². The van der Waals surface area contributed by atoms with E-state index >= 15 is 0 Å². The van der Waals surface area contributed by atoms with Crippen LogP contribution in [0.5, 0.6) is 0 Å². The number of rotatable bonds is 9. The van der Waals surface area contributed by atoms with Crippen molar-refractivity contribution in [2.75, 3.05) is 0 Å². The topological polar surface area (TPSA) is 88.6 Å². The minimum atomic E-state index is -4.72. The van der Waals surface area contributed by atoms with Crippen molar-refractivity contribution in [2.45, 2.75) is 50.8 Å². The molecular weight excluding hydrogens is 506 g/mol. The van der Waals surface area contributed by atoms with Gasteiger partial charge in [0.1, 0.15) is 5.70 Å². The van der Waals surface area contributed by atoms with Gasteiger partial charge < -0.3 is 0 Å². The summed E-state index contributed by atoms with van der Waals surface area (Å²) < 4.78 is 56.2. The predicted octanol–water partition coefficient (Wildman–Crippen LogP) is 5.82. The molecule has 0 saturated heterocycles. The Kier molecular flexibility index (Phi) is 8.56. The highest BCUT2D eigenvalue weighted by molar-refractivity contribution is 8.04. The Balaban J connectivity index is 2.44. The maximum Gasteiger partial charge on any atom is 0.277 e. The van der Waals surface area contributed by atoms with Crippen LogP contribution in [0.2, 0.25) is 0 Å². The molecule has 0 aliphatic rings. The maximum absolute atomic E-state index is 14.0. The van der Waals surface area contributed by atoms with E-state index in [0.717, 1.165) is 28.7 Å². The molecule has 3 rings (SSSR count). The molecule has 194 valence electrons. The van der Waals surface area contributed by atoms with Gasteiger partial charge >= 0.3 is 0 Å². The van der Waals surface area contributed by atoms with Crippen molar-refractivity contribution in [3.05, 3.63) is 112 Å². The van der Waals surface area contributed by atoms with Crippen molar-refractivity contribution < 1.29 is 21.6 Å². The van der Waals surface area contributed by atoms with Gasteiger partial charge in [-0.3, -0.25) is 4.79 Å². The Morgan fingerprint density at radius 1 is 0.730 bits per heavy atom. The second kappa shape index (κ2) is 11.3. The first kappa shape index (κ1) is 28.1. The predicted molar refractivity (Wildman–Crippen MR) is 147 cm³/mol. The van der Waals surface area contributed by atoms with E-state index in [1.54, 1.807) is 70.2 Å². The summed E-state index contributed by atoms with van der Waals surface area (Å²) in [6.07, 6.45) is 2.70. The molecule has 0 heterocycles. The highest BCUT2D eigenvalue weighted by Crippen LogP contribution is 2.33. The van der Waals surface area contributed by atoms with Crippen LogP contribution >= 0.6 is 0 Å². The van der Waals surface area contributed by atoms with Gasteiger partial charge in [0.15, 0.2) is 6.29 Å². The summed E-state index contributed by atoms with van der Waals surface area (Å²) >= 11 is 0. The number of aryl methyl sites for hydroxylation is 3. The minimum Gasteiger partial charge on any atom is -0.296 e. The summed E-state index contributed by atoms with van der Waals surface area (Å²) in [5, 5.41) is 0. The molecule has 0 fully saturated rings. The van der Waals surface area contributed by atoms with Crippen LogP contribution in [0.1, 0.15) is 43.0 Å². The van der Waals surface area contributed by atoms with E-state index in [1.807, 2.05) is 19.1 Å². The summed E-state index contributed by atoms with van der Waals surface area (Å²) in [5.41, 5.74) is 3.62.